The van der Waals surface area contributed by atoms with Crippen LogP contribution in [0.4, 0.5) is 0 Å². The lowest BCUT2D eigenvalue weighted by Gasteiger charge is -2.38. The summed E-state index contributed by atoms with van der Waals surface area (Å²) in [6.45, 7) is 6.47. The number of hydrogen-bond donors (Lipinski definition) is 1. The molecule has 2 unspecified atom stereocenters. The Bertz CT molecular complexity index is 568. The van der Waals surface area contributed by atoms with Crippen molar-refractivity contribution in [2.45, 2.75) is 64.1 Å². The SMILES string of the molecule is Cc1ccc(C2(CCOC3CCCCO3)CCC(=O)NC2)cc1C. The molecule has 4 heteroatoms. The van der Waals surface area contributed by atoms with E-state index >= 15 is 0 Å². The second-order valence-corrected chi connectivity index (χ2v) is 7.27. The van der Waals surface area contributed by atoms with Crippen molar-refractivity contribution < 1.29 is 14.3 Å². The van der Waals surface area contributed by atoms with Crippen LogP contribution in [0.15, 0.2) is 18.2 Å². The Morgan fingerprint density at radius 3 is 2.83 bits per heavy atom. The molecule has 0 saturated carbocycles. The Labute approximate surface area is 144 Å². The van der Waals surface area contributed by atoms with E-state index in [1.807, 2.05) is 0 Å². The van der Waals surface area contributed by atoms with Crippen molar-refractivity contribution in [3.8, 4) is 0 Å². The molecular weight excluding hydrogens is 302 g/mol. The highest BCUT2D eigenvalue weighted by Crippen LogP contribution is 2.36. The van der Waals surface area contributed by atoms with Crippen LogP contribution in [-0.2, 0) is 19.7 Å². The minimum atomic E-state index is -0.0475. The van der Waals surface area contributed by atoms with E-state index in [0.29, 0.717) is 19.6 Å². The van der Waals surface area contributed by atoms with Crippen LogP contribution in [0.5, 0.6) is 0 Å². The predicted octanol–water partition coefficient (Wildman–Crippen LogP) is 3.38. The van der Waals surface area contributed by atoms with Crippen LogP contribution in [-0.4, -0.2) is 32.0 Å². The van der Waals surface area contributed by atoms with Crippen molar-refractivity contribution in [1.82, 2.24) is 5.32 Å². The van der Waals surface area contributed by atoms with E-state index in [0.717, 1.165) is 32.3 Å². The van der Waals surface area contributed by atoms with E-state index in [1.54, 1.807) is 0 Å². The minimum Gasteiger partial charge on any atom is -0.355 e. The highest BCUT2D eigenvalue weighted by atomic mass is 16.7. The van der Waals surface area contributed by atoms with Gasteiger partial charge in [0.1, 0.15) is 0 Å². The average molecular weight is 331 g/mol. The van der Waals surface area contributed by atoms with E-state index in [1.165, 1.54) is 23.1 Å². The first-order valence-electron chi connectivity index (χ1n) is 9.17. The van der Waals surface area contributed by atoms with Gasteiger partial charge in [-0.05, 0) is 62.6 Å². The Morgan fingerprint density at radius 1 is 1.29 bits per heavy atom. The fraction of sp³-hybridized carbons (Fsp3) is 0.650. The van der Waals surface area contributed by atoms with Gasteiger partial charge in [0, 0.05) is 25.0 Å². The number of amides is 1. The summed E-state index contributed by atoms with van der Waals surface area (Å²) in [6, 6.07) is 6.69. The second kappa shape index (κ2) is 7.66. The van der Waals surface area contributed by atoms with Gasteiger partial charge in [-0.25, -0.2) is 0 Å². The Morgan fingerprint density at radius 2 is 2.17 bits per heavy atom. The molecule has 24 heavy (non-hydrogen) atoms. The van der Waals surface area contributed by atoms with Crippen LogP contribution < -0.4 is 5.32 Å². The number of carbonyl (C=O) groups excluding carboxylic acids is 1. The van der Waals surface area contributed by atoms with Gasteiger partial charge in [0.15, 0.2) is 6.29 Å². The highest BCUT2D eigenvalue weighted by Gasteiger charge is 2.36. The van der Waals surface area contributed by atoms with Gasteiger partial charge < -0.3 is 14.8 Å². The van der Waals surface area contributed by atoms with E-state index < -0.39 is 0 Å². The Hall–Kier alpha value is -1.39. The third-order valence-electron chi connectivity index (χ3n) is 5.60. The quantitative estimate of drug-likeness (QED) is 0.900. The normalized spacial score (nSPS) is 27.8. The summed E-state index contributed by atoms with van der Waals surface area (Å²) < 4.78 is 11.6. The second-order valence-electron chi connectivity index (χ2n) is 7.27. The van der Waals surface area contributed by atoms with Gasteiger partial charge in [-0.15, -0.1) is 0 Å². The van der Waals surface area contributed by atoms with E-state index in [2.05, 4.69) is 37.4 Å². The Balaban J connectivity index is 1.70. The molecule has 1 aromatic carbocycles. The first-order valence-corrected chi connectivity index (χ1v) is 9.17. The predicted molar refractivity (Wildman–Crippen MR) is 94.0 cm³/mol. The number of carbonyl (C=O) groups is 1. The maximum atomic E-state index is 11.7. The number of aryl methyl sites for hydroxylation is 2. The van der Waals surface area contributed by atoms with Crippen molar-refractivity contribution in [2.75, 3.05) is 19.8 Å². The van der Waals surface area contributed by atoms with Crippen LogP contribution in [0.25, 0.3) is 0 Å². The molecule has 0 aromatic heterocycles. The fourth-order valence-electron chi connectivity index (χ4n) is 3.70. The molecule has 0 spiro atoms. The van der Waals surface area contributed by atoms with E-state index in [9.17, 15) is 4.79 Å². The fourth-order valence-corrected chi connectivity index (χ4v) is 3.70. The monoisotopic (exact) mass is 331 g/mol. The topological polar surface area (TPSA) is 47.6 Å². The Kier molecular flexibility index (Phi) is 5.57. The molecule has 4 nitrogen and oxygen atoms in total. The number of ether oxygens (including phenoxy) is 2. The summed E-state index contributed by atoms with van der Waals surface area (Å²) >= 11 is 0. The lowest BCUT2D eigenvalue weighted by molar-refractivity contribution is -0.165. The van der Waals surface area contributed by atoms with Gasteiger partial charge in [0.25, 0.3) is 0 Å². The van der Waals surface area contributed by atoms with Gasteiger partial charge in [-0.1, -0.05) is 18.2 Å². The van der Waals surface area contributed by atoms with Crippen LogP contribution in [0.2, 0.25) is 0 Å². The largest absolute Gasteiger partial charge is 0.355 e. The standard InChI is InChI=1S/C20H29NO3/c1-15-6-7-17(13-16(15)2)20(9-8-18(22)21-14-20)10-12-24-19-5-3-4-11-23-19/h6-7,13,19H,3-5,8-12,14H2,1-2H3,(H,21,22). The molecule has 2 atom stereocenters. The summed E-state index contributed by atoms with van der Waals surface area (Å²) in [7, 11) is 0. The lowest BCUT2D eigenvalue weighted by atomic mass is 9.72. The van der Waals surface area contributed by atoms with E-state index in [-0.39, 0.29) is 17.6 Å². The molecule has 1 amide bonds. The third kappa shape index (κ3) is 3.98. The molecule has 0 aliphatic carbocycles. The third-order valence-corrected chi connectivity index (χ3v) is 5.60. The number of piperidine rings is 1. The van der Waals surface area contributed by atoms with Gasteiger partial charge >= 0.3 is 0 Å². The number of benzene rings is 1. The van der Waals surface area contributed by atoms with Gasteiger partial charge in [-0.3, -0.25) is 4.79 Å². The zero-order valence-electron chi connectivity index (χ0n) is 14.9. The molecule has 1 N–H and O–H groups in total. The van der Waals surface area contributed by atoms with E-state index in [4.69, 9.17) is 9.47 Å². The zero-order chi connectivity index (χ0) is 17.0. The molecule has 2 aliphatic heterocycles. The number of nitrogens with one attached hydrogen (secondary N) is 1. The average Bonchev–Trinajstić information content (AvgIpc) is 2.60. The molecule has 3 rings (SSSR count). The van der Waals surface area contributed by atoms with Crippen LogP contribution in [0.3, 0.4) is 0 Å². The first-order chi connectivity index (χ1) is 11.6. The summed E-state index contributed by atoms with van der Waals surface area (Å²) in [5, 5.41) is 3.07. The summed E-state index contributed by atoms with van der Waals surface area (Å²) in [4.78, 5) is 11.7. The first kappa shape index (κ1) is 17.4. The van der Waals surface area contributed by atoms with Gasteiger partial charge in [0.2, 0.25) is 5.91 Å². The minimum absolute atomic E-state index is 0.0267. The lowest BCUT2D eigenvalue weighted by Crippen LogP contribution is -2.47. The van der Waals surface area contributed by atoms with Crippen molar-refractivity contribution in [3.63, 3.8) is 0 Å². The van der Waals surface area contributed by atoms with Crippen LogP contribution in [0, 0.1) is 13.8 Å². The molecule has 2 aliphatic rings. The van der Waals surface area contributed by atoms with Gasteiger partial charge in [0.05, 0.1) is 6.61 Å². The van der Waals surface area contributed by atoms with Crippen molar-refractivity contribution >= 4 is 5.91 Å². The zero-order valence-corrected chi connectivity index (χ0v) is 14.9. The van der Waals surface area contributed by atoms with Crippen LogP contribution in [0.1, 0.15) is 55.2 Å². The smallest absolute Gasteiger partial charge is 0.220 e. The molecule has 0 bridgehead atoms. The number of rotatable bonds is 5. The highest BCUT2D eigenvalue weighted by molar-refractivity contribution is 5.77. The molecule has 132 valence electrons. The summed E-state index contributed by atoms with van der Waals surface area (Å²) in [5.41, 5.74) is 3.90. The van der Waals surface area contributed by atoms with Gasteiger partial charge in [-0.2, -0.15) is 0 Å². The molecule has 0 radical (unpaired) electrons. The molecule has 1 aromatic rings. The number of hydrogen-bond acceptors (Lipinski definition) is 3. The summed E-state index contributed by atoms with van der Waals surface area (Å²) in [6.07, 6.45) is 5.65. The summed E-state index contributed by atoms with van der Waals surface area (Å²) in [5.74, 6) is 0.158. The molecule has 2 fully saturated rings. The maximum absolute atomic E-state index is 11.7. The van der Waals surface area contributed by atoms with Crippen molar-refractivity contribution in [3.05, 3.63) is 34.9 Å². The molecule has 2 heterocycles. The van der Waals surface area contributed by atoms with Crippen molar-refractivity contribution in [2.24, 2.45) is 0 Å². The van der Waals surface area contributed by atoms with Crippen LogP contribution >= 0.6 is 0 Å². The molecular formula is C20H29NO3. The maximum Gasteiger partial charge on any atom is 0.220 e. The molecule has 2 saturated heterocycles. The van der Waals surface area contributed by atoms with Crippen molar-refractivity contribution in [1.29, 1.82) is 0 Å².